The number of carboxylic acid groups (broad SMARTS) is 1. The van der Waals surface area contributed by atoms with Gasteiger partial charge in [0, 0.05) is 11.1 Å². The predicted molar refractivity (Wildman–Crippen MR) is 146 cm³/mol. The first-order valence-electron chi connectivity index (χ1n) is 13.9. The maximum absolute atomic E-state index is 11.6. The summed E-state index contributed by atoms with van der Waals surface area (Å²) in [7, 11) is 0. The highest BCUT2D eigenvalue weighted by Gasteiger charge is 2.50. The maximum Gasteiger partial charge on any atom is 0.335 e. The molecule has 7 nitrogen and oxygen atoms in total. The van der Waals surface area contributed by atoms with E-state index in [4.69, 9.17) is 9.82 Å². The number of hydrogen-bond donors (Lipinski definition) is 2. The minimum absolute atomic E-state index is 0.174. The van der Waals surface area contributed by atoms with Crippen molar-refractivity contribution >= 4 is 17.6 Å². The van der Waals surface area contributed by atoms with E-state index in [0.717, 1.165) is 59.1 Å². The van der Waals surface area contributed by atoms with Gasteiger partial charge in [0.25, 0.3) is 0 Å². The number of aromatic nitrogens is 2. The molecule has 4 fully saturated rings. The number of aryl methyl sites for hydroxylation is 2. The van der Waals surface area contributed by atoms with Gasteiger partial charge in [-0.1, -0.05) is 36.4 Å². The van der Waals surface area contributed by atoms with Crippen molar-refractivity contribution in [3.8, 4) is 11.4 Å². The molecule has 1 aromatic heterocycles. The third-order valence-corrected chi connectivity index (χ3v) is 9.38. The van der Waals surface area contributed by atoms with Gasteiger partial charge in [-0.05, 0) is 99.2 Å². The second kappa shape index (κ2) is 9.09. The standard InChI is InChI=1S/C31H34N4O3/c1-19-5-2-3-8-25(19)27-33-26(9-10-31-15-20-11-21(16-31)13-22(12-20)17-31)29(34-27)35-28(32-18-38-35)23-6-4-7-24(14-23)30(36)37/h2-8,14,20-22H,9-13,15-18H2,1H3,(H,33,34)(H,36,37). The number of hydroxylamine groups is 1. The highest BCUT2D eigenvalue weighted by atomic mass is 16.7. The van der Waals surface area contributed by atoms with E-state index >= 15 is 0 Å². The minimum Gasteiger partial charge on any atom is -0.478 e. The number of nitrogens with one attached hydrogen (secondary N) is 1. The molecular weight excluding hydrogens is 476 g/mol. The van der Waals surface area contributed by atoms with E-state index < -0.39 is 5.97 Å². The Morgan fingerprint density at radius 2 is 1.82 bits per heavy atom. The fraction of sp³-hybridized carbons (Fsp3) is 0.452. The highest BCUT2D eigenvalue weighted by molar-refractivity contribution is 6.10. The molecular formula is C31H34N4O3. The summed E-state index contributed by atoms with van der Waals surface area (Å²) in [6.07, 6.45) is 10.5. The number of imidazole rings is 1. The van der Waals surface area contributed by atoms with Gasteiger partial charge in [0.05, 0.1) is 11.3 Å². The fourth-order valence-electron chi connectivity index (χ4n) is 8.13. The van der Waals surface area contributed by atoms with Crippen LogP contribution in [0.2, 0.25) is 0 Å². The molecule has 2 heterocycles. The van der Waals surface area contributed by atoms with Gasteiger partial charge < -0.3 is 10.1 Å². The van der Waals surface area contributed by atoms with E-state index in [1.807, 2.05) is 18.2 Å². The molecule has 0 unspecified atom stereocenters. The number of carboxylic acids is 1. The molecule has 1 aliphatic heterocycles. The number of carbonyl (C=O) groups is 1. The van der Waals surface area contributed by atoms with E-state index in [0.29, 0.717) is 16.8 Å². The van der Waals surface area contributed by atoms with E-state index in [2.05, 4.69) is 29.0 Å². The van der Waals surface area contributed by atoms with Crippen LogP contribution in [0.4, 0.5) is 5.82 Å². The first kappa shape index (κ1) is 23.7. The average molecular weight is 511 g/mol. The number of aromatic carboxylic acids is 1. The molecule has 0 spiro atoms. The lowest BCUT2D eigenvalue weighted by Gasteiger charge is -2.57. The number of benzene rings is 2. The SMILES string of the molecule is Cc1ccccc1-c1nc(N2OCN=C2c2cccc(C(=O)O)c2)c(CCC23CC4CC(CC(C4)C2)C3)[nH]1. The van der Waals surface area contributed by atoms with E-state index in [1.54, 1.807) is 23.3 Å². The van der Waals surface area contributed by atoms with Gasteiger partial charge in [-0.15, -0.1) is 0 Å². The molecule has 3 aromatic rings. The van der Waals surface area contributed by atoms with Crippen molar-refractivity contribution in [2.45, 2.75) is 58.3 Å². The monoisotopic (exact) mass is 510 g/mol. The quantitative estimate of drug-likeness (QED) is 0.384. The smallest absolute Gasteiger partial charge is 0.335 e. The molecule has 0 atom stereocenters. The van der Waals surface area contributed by atoms with Gasteiger partial charge in [0.1, 0.15) is 5.82 Å². The molecule has 0 saturated heterocycles. The summed E-state index contributed by atoms with van der Waals surface area (Å²) >= 11 is 0. The van der Waals surface area contributed by atoms with E-state index in [9.17, 15) is 9.90 Å². The van der Waals surface area contributed by atoms with Crippen LogP contribution in [0.15, 0.2) is 53.5 Å². The molecule has 7 heteroatoms. The van der Waals surface area contributed by atoms with Gasteiger partial charge in [0.15, 0.2) is 18.4 Å². The van der Waals surface area contributed by atoms with Crippen LogP contribution < -0.4 is 5.06 Å². The van der Waals surface area contributed by atoms with Crippen LogP contribution in [-0.4, -0.2) is 33.6 Å². The lowest BCUT2D eigenvalue weighted by molar-refractivity contribution is -0.0570. The Labute approximate surface area is 222 Å². The Morgan fingerprint density at radius 3 is 2.53 bits per heavy atom. The third-order valence-electron chi connectivity index (χ3n) is 9.38. The summed E-state index contributed by atoms with van der Waals surface area (Å²) in [6, 6.07) is 15.1. The molecule has 0 radical (unpaired) electrons. The topological polar surface area (TPSA) is 90.8 Å². The molecule has 0 amide bonds. The number of nitrogens with zero attached hydrogens (tertiary/aromatic N) is 3. The fourth-order valence-corrected chi connectivity index (χ4v) is 8.13. The van der Waals surface area contributed by atoms with Crippen LogP contribution in [-0.2, 0) is 11.3 Å². The molecule has 38 heavy (non-hydrogen) atoms. The van der Waals surface area contributed by atoms with Gasteiger partial charge in [-0.2, -0.15) is 5.06 Å². The Hall–Kier alpha value is -3.45. The second-order valence-electron chi connectivity index (χ2n) is 12.0. The van der Waals surface area contributed by atoms with Crippen LogP contribution >= 0.6 is 0 Å². The van der Waals surface area contributed by atoms with Crippen molar-refractivity contribution in [3.05, 3.63) is 70.9 Å². The number of aromatic amines is 1. The highest BCUT2D eigenvalue weighted by Crippen LogP contribution is 2.61. The summed E-state index contributed by atoms with van der Waals surface area (Å²) in [5, 5.41) is 11.2. The van der Waals surface area contributed by atoms with Crippen molar-refractivity contribution in [1.82, 2.24) is 9.97 Å². The summed E-state index contributed by atoms with van der Waals surface area (Å²) < 4.78 is 0. The molecule has 8 rings (SSSR count). The van der Waals surface area contributed by atoms with Gasteiger partial charge in [0.2, 0.25) is 0 Å². The first-order chi connectivity index (χ1) is 18.5. The number of H-pyrrole nitrogens is 1. The number of anilines is 1. The Morgan fingerprint density at radius 1 is 1.08 bits per heavy atom. The molecule has 4 aliphatic carbocycles. The van der Waals surface area contributed by atoms with Crippen molar-refractivity contribution in [2.75, 3.05) is 11.8 Å². The van der Waals surface area contributed by atoms with Crippen LogP contribution in [0, 0.1) is 30.1 Å². The summed E-state index contributed by atoms with van der Waals surface area (Å²) in [5.74, 6) is 3.95. The van der Waals surface area contributed by atoms with Crippen LogP contribution in [0.3, 0.4) is 0 Å². The molecule has 4 saturated carbocycles. The van der Waals surface area contributed by atoms with Crippen molar-refractivity contribution in [3.63, 3.8) is 0 Å². The minimum atomic E-state index is -0.962. The number of aliphatic imine (C=N–C) groups is 1. The van der Waals surface area contributed by atoms with Crippen molar-refractivity contribution < 1.29 is 14.7 Å². The third kappa shape index (κ3) is 4.13. The number of amidine groups is 1. The maximum atomic E-state index is 11.6. The number of hydrogen-bond acceptors (Lipinski definition) is 5. The van der Waals surface area contributed by atoms with Gasteiger partial charge in [-0.3, -0.25) is 0 Å². The second-order valence-corrected chi connectivity index (χ2v) is 12.0. The van der Waals surface area contributed by atoms with Gasteiger partial charge in [-0.25, -0.2) is 19.6 Å². The lowest BCUT2D eigenvalue weighted by Crippen LogP contribution is -2.46. The van der Waals surface area contributed by atoms with E-state index in [-0.39, 0.29) is 12.3 Å². The summed E-state index contributed by atoms with van der Waals surface area (Å²) in [5.41, 5.74) is 4.67. The molecule has 5 aliphatic rings. The average Bonchev–Trinajstić information content (AvgIpc) is 3.54. The Balaban J connectivity index is 1.23. The van der Waals surface area contributed by atoms with Crippen molar-refractivity contribution in [2.24, 2.45) is 28.2 Å². The molecule has 2 N–H and O–H groups in total. The Bertz CT molecular complexity index is 1390. The number of rotatable bonds is 7. The largest absolute Gasteiger partial charge is 0.478 e. The molecule has 196 valence electrons. The van der Waals surface area contributed by atoms with Crippen molar-refractivity contribution in [1.29, 1.82) is 0 Å². The summed E-state index contributed by atoms with van der Waals surface area (Å²) in [4.78, 5) is 31.0. The normalized spacial score (nSPS) is 27.7. The van der Waals surface area contributed by atoms with Gasteiger partial charge >= 0.3 is 5.97 Å². The predicted octanol–water partition coefficient (Wildman–Crippen LogP) is 6.39. The zero-order valence-corrected chi connectivity index (χ0v) is 21.8. The van der Waals surface area contributed by atoms with Crippen LogP contribution in [0.5, 0.6) is 0 Å². The zero-order chi connectivity index (χ0) is 25.9. The molecule has 2 aromatic carbocycles. The van der Waals surface area contributed by atoms with Crippen LogP contribution in [0.1, 0.15) is 72.1 Å². The van der Waals surface area contributed by atoms with Crippen LogP contribution in [0.25, 0.3) is 11.4 Å². The lowest BCUT2D eigenvalue weighted by atomic mass is 9.48. The first-order valence-corrected chi connectivity index (χ1v) is 13.9. The summed E-state index contributed by atoms with van der Waals surface area (Å²) in [6.45, 7) is 2.27. The molecule has 4 bridgehead atoms. The Kier molecular flexibility index (Phi) is 5.65. The van der Waals surface area contributed by atoms with E-state index in [1.165, 1.54) is 38.5 Å². The zero-order valence-electron chi connectivity index (χ0n) is 21.8.